The summed E-state index contributed by atoms with van der Waals surface area (Å²) in [4.78, 5) is 26.2. The molecule has 29 heavy (non-hydrogen) atoms. The van der Waals surface area contributed by atoms with E-state index in [4.69, 9.17) is 9.15 Å². The molecule has 8 heteroatoms. The molecule has 1 saturated heterocycles. The highest BCUT2D eigenvalue weighted by atomic mass is 32.2. The fraction of sp³-hybridized carbons (Fsp3) is 0.429. The maximum atomic E-state index is 12.3. The van der Waals surface area contributed by atoms with E-state index in [0.29, 0.717) is 38.3 Å². The standard InChI is InChI=1S/C21H27N3O4S/c25-20(24-9-13-29-14-10-24)15-17-4-6-18(7-5-17)23-21(26)22-8-2-11-27-16-19-3-1-12-28-19/h1,3-7,12H,2,8-11,13-16H2,(H2,22,23,26). The van der Waals surface area contributed by atoms with Crippen molar-refractivity contribution in [2.45, 2.75) is 19.4 Å². The van der Waals surface area contributed by atoms with E-state index in [2.05, 4.69) is 10.6 Å². The lowest BCUT2D eigenvalue weighted by Gasteiger charge is -2.26. The molecular weight excluding hydrogens is 390 g/mol. The summed E-state index contributed by atoms with van der Waals surface area (Å²) in [5.74, 6) is 2.98. The second kappa shape index (κ2) is 11.5. The molecule has 2 aromatic rings. The third-order valence-electron chi connectivity index (χ3n) is 4.51. The molecule has 1 aliphatic heterocycles. The molecule has 1 aliphatic rings. The molecule has 3 amide bonds. The van der Waals surface area contributed by atoms with Gasteiger partial charge in [-0.2, -0.15) is 11.8 Å². The summed E-state index contributed by atoms with van der Waals surface area (Å²) in [6.07, 6.45) is 2.72. The van der Waals surface area contributed by atoms with Crippen LogP contribution in [0.15, 0.2) is 47.1 Å². The second-order valence-corrected chi connectivity index (χ2v) is 7.96. The van der Waals surface area contributed by atoms with Crippen LogP contribution in [0.2, 0.25) is 0 Å². The highest BCUT2D eigenvalue weighted by Crippen LogP contribution is 2.14. The fourth-order valence-electron chi connectivity index (χ4n) is 2.92. The quantitative estimate of drug-likeness (QED) is 0.613. The number of ether oxygens (including phenoxy) is 1. The number of anilines is 1. The van der Waals surface area contributed by atoms with Gasteiger partial charge in [0.25, 0.3) is 0 Å². The monoisotopic (exact) mass is 417 g/mol. The predicted octanol–water partition coefficient (Wildman–Crippen LogP) is 3.13. The summed E-state index contributed by atoms with van der Waals surface area (Å²) < 4.78 is 10.6. The van der Waals surface area contributed by atoms with Gasteiger partial charge < -0.3 is 24.7 Å². The van der Waals surface area contributed by atoms with Gasteiger partial charge in [-0.1, -0.05) is 12.1 Å². The van der Waals surface area contributed by atoms with E-state index in [-0.39, 0.29) is 11.9 Å². The molecule has 0 spiro atoms. The summed E-state index contributed by atoms with van der Waals surface area (Å²) >= 11 is 1.89. The first-order chi connectivity index (χ1) is 14.2. The van der Waals surface area contributed by atoms with Crippen molar-refractivity contribution in [2.75, 3.05) is 43.1 Å². The van der Waals surface area contributed by atoms with Crippen molar-refractivity contribution in [3.63, 3.8) is 0 Å². The maximum Gasteiger partial charge on any atom is 0.319 e. The van der Waals surface area contributed by atoms with Gasteiger partial charge in [-0.15, -0.1) is 0 Å². The van der Waals surface area contributed by atoms with Gasteiger partial charge in [0, 0.05) is 43.4 Å². The lowest BCUT2D eigenvalue weighted by molar-refractivity contribution is -0.130. The first kappa shape index (κ1) is 21.3. The van der Waals surface area contributed by atoms with E-state index >= 15 is 0 Å². The minimum atomic E-state index is -0.259. The molecule has 7 nitrogen and oxygen atoms in total. The normalized spacial score (nSPS) is 13.9. The molecule has 0 unspecified atom stereocenters. The van der Waals surface area contributed by atoms with Gasteiger partial charge in [0.2, 0.25) is 5.91 Å². The molecule has 2 heterocycles. The molecule has 2 N–H and O–H groups in total. The molecule has 0 saturated carbocycles. The van der Waals surface area contributed by atoms with Crippen molar-refractivity contribution in [3.05, 3.63) is 54.0 Å². The third-order valence-corrected chi connectivity index (χ3v) is 5.45. The van der Waals surface area contributed by atoms with E-state index < -0.39 is 0 Å². The van der Waals surface area contributed by atoms with Crippen LogP contribution < -0.4 is 10.6 Å². The topological polar surface area (TPSA) is 83.8 Å². The Labute approximate surface area is 175 Å². The maximum absolute atomic E-state index is 12.3. The van der Waals surface area contributed by atoms with E-state index in [1.807, 2.05) is 53.1 Å². The van der Waals surface area contributed by atoms with Crippen LogP contribution in [0.25, 0.3) is 0 Å². The Morgan fingerprint density at radius 2 is 1.93 bits per heavy atom. The number of amides is 3. The van der Waals surface area contributed by atoms with Gasteiger partial charge in [-0.25, -0.2) is 4.79 Å². The van der Waals surface area contributed by atoms with Crippen LogP contribution in [-0.2, 0) is 22.6 Å². The average Bonchev–Trinajstić information content (AvgIpc) is 3.26. The molecule has 0 radical (unpaired) electrons. The fourth-order valence-corrected chi connectivity index (χ4v) is 3.83. The van der Waals surface area contributed by atoms with Crippen molar-refractivity contribution in [2.24, 2.45) is 0 Å². The summed E-state index contributed by atoms with van der Waals surface area (Å²) in [6, 6.07) is 10.8. The lowest BCUT2D eigenvalue weighted by Crippen LogP contribution is -2.38. The molecule has 0 aliphatic carbocycles. The number of carbonyl (C=O) groups is 2. The zero-order valence-electron chi connectivity index (χ0n) is 16.4. The van der Waals surface area contributed by atoms with Gasteiger partial charge in [-0.05, 0) is 36.2 Å². The van der Waals surface area contributed by atoms with Gasteiger partial charge in [0.1, 0.15) is 12.4 Å². The third kappa shape index (κ3) is 7.47. The van der Waals surface area contributed by atoms with Gasteiger partial charge in [0.15, 0.2) is 0 Å². The van der Waals surface area contributed by atoms with E-state index in [1.165, 1.54) is 0 Å². The van der Waals surface area contributed by atoms with Gasteiger partial charge in [-0.3, -0.25) is 4.79 Å². The zero-order valence-corrected chi connectivity index (χ0v) is 17.2. The molecule has 1 aromatic carbocycles. The van der Waals surface area contributed by atoms with Crippen molar-refractivity contribution >= 4 is 29.4 Å². The molecule has 1 aromatic heterocycles. The zero-order chi connectivity index (χ0) is 20.3. The van der Waals surface area contributed by atoms with Gasteiger partial charge >= 0.3 is 6.03 Å². The summed E-state index contributed by atoms with van der Waals surface area (Å²) in [5.41, 5.74) is 1.65. The smallest absolute Gasteiger partial charge is 0.319 e. The minimum absolute atomic E-state index is 0.165. The molecule has 3 rings (SSSR count). The lowest BCUT2D eigenvalue weighted by atomic mass is 10.1. The number of nitrogens with zero attached hydrogens (tertiary/aromatic N) is 1. The average molecular weight is 418 g/mol. The van der Waals surface area contributed by atoms with E-state index in [9.17, 15) is 9.59 Å². The largest absolute Gasteiger partial charge is 0.467 e. The van der Waals surface area contributed by atoms with Crippen LogP contribution in [0.5, 0.6) is 0 Å². The number of hydrogen-bond donors (Lipinski definition) is 2. The number of benzene rings is 1. The Hall–Kier alpha value is -2.45. The van der Waals surface area contributed by atoms with Crippen molar-refractivity contribution in [3.8, 4) is 0 Å². The Kier molecular flexibility index (Phi) is 8.45. The number of urea groups is 1. The van der Waals surface area contributed by atoms with Crippen LogP contribution in [0.4, 0.5) is 10.5 Å². The van der Waals surface area contributed by atoms with Gasteiger partial charge in [0.05, 0.1) is 12.7 Å². The van der Waals surface area contributed by atoms with Crippen LogP contribution in [0, 0.1) is 0 Å². The van der Waals surface area contributed by atoms with Crippen molar-refractivity contribution in [1.82, 2.24) is 10.2 Å². The minimum Gasteiger partial charge on any atom is -0.467 e. The Morgan fingerprint density at radius 1 is 1.14 bits per heavy atom. The molecule has 0 atom stereocenters. The van der Waals surface area contributed by atoms with E-state index in [1.54, 1.807) is 6.26 Å². The van der Waals surface area contributed by atoms with Crippen molar-refractivity contribution < 1.29 is 18.7 Å². The number of rotatable bonds is 9. The molecule has 156 valence electrons. The van der Waals surface area contributed by atoms with Crippen LogP contribution in [-0.4, -0.2) is 54.6 Å². The Morgan fingerprint density at radius 3 is 2.66 bits per heavy atom. The Balaban J connectivity index is 1.30. The Bertz CT molecular complexity index is 759. The molecular formula is C21H27N3O4S. The number of nitrogens with one attached hydrogen (secondary N) is 2. The summed E-state index contributed by atoms with van der Waals surface area (Å²) in [7, 11) is 0. The number of furan rings is 1. The molecule has 1 fully saturated rings. The van der Waals surface area contributed by atoms with Crippen LogP contribution in [0.1, 0.15) is 17.7 Å². The van der Waals surface area contributed by atoms with E-state index in [0.717, 1.165) is 35.9 Å². The van der Waals surface area contributed by atoms with Crippen LogP contribution >= 0.6 is 11.8 Å². The van der Waals surface area contributed by atoms with Crippen molar-refractivity contribution in [1.29, 1.82) is 0 Å². The predicted molar refractivity (Wildman–Crippen MR) is 114 cm³/mol. The highest BCUT2D eigenvalue weighted by molar-refractivity contribution is 7.99. The summed E-state index contributed by atoms with van der Waals surface area (Å²) in [5, 5.41) is 5.59. The number of carbonyl (C=O) groups excluding carboxylic acids is 2. The van der Waals surface area contributed by atoms with Crippen LogP contribution in [0.3, 0.4) is 0 Å². The summed E-state index contributed by atoms with van der Waals surface area (Å²) in [6.45, 7) is 3.16. The second-order valence-electron chi connectivity index (χ2n) is 6.73. The SMILES string of the molecule is O=C(NCCCOCc1ccco1)Nc1ccc(CC(=O)N2CCSCC2)cc1. The molecule has 0 bridgehead atoms. The highest BCUT2D eigenvalue weighted by Gasteiger charge is 2.16. The number of hydrogen-bond acceptors (Lipinski definition) is 5. The first-order valence-corrected chi connectivity index (χ1v) is 11.0. The first-order valence-electron chi connectivity index (χ1n) is 9.80. The number of thioether (sulfide) groups is 1.